The van der Waals surface area contributed by atoms with Crippen LogP contribution in [0.1, 0.15) is 6.92 Å². The van der Waals surface area contributed by atoms with Crippen LogP contribution in [0.15, 0.2) is 47.4 Å². The topological polar surface area (TPSA) is 38.3 Å². The largest absolute Gasteiger partial charge is 0.497 e. The number of nitrogens with one attached hydrogen (secondary N) is 1. The van der Waals surface area contributed by atoms with E-state index in [-0.39, 0.29) is 11.2 Å². The smallest absolute Gasteiger partial charge is 0.237 e. The van der Waals surface area contributed by atoms with Crippen molar-refractivity contribution in [3.63, 3.8) is 0 Å². The molecule has 1 atom stereocenters. The van der Waals surface area contributed by atoms with Gasteiger partial charge in [0.05, 0.1) is 23.1 Å². The summed E-state index contributed by atoms with van der Waals surface area (Å²) in [5.74, 6) is 0.618. The van der Waals surface area contributed by atoms with E-state index in [9.17, 15) is 4.79 Å². The zero-order valence-corrected chi connectivity index (χ0v) is 14.4. The molecule has 0 bridgehead atoms. The molecular weight excluding hydrogens is 341 g/mol. The van der Waals surface area contributed by atoms with E-state index in [4.69, 9.17) is 27.9 Å². The Morgan fingerprint density at radius 2 is 2.00 bits per heavy atom. The lowest BCUT2D eigenvalue weighted by Crippen LogP contribution is -2.22. The molecular formula is C16H15Cl2NO2S. The first-order valence-corrected chi connectivity index (χ1v) is 8.20. The van der Waals surface area contributed by atoms with E-state index >= 15 is 0 Å². The third kappa shape index (κ3) is 4.57. The molecule has 22 heavy (non-hydrogen) atoms. The molecule has 2 aromatic carbocycles. The molecule has 2 rings (SSSR count). The van der Waals surface area contributed by atoms with Gasteiger partial charge in [0.15, 0.2) is 0 Å². The predicted molar refractivity (Wildman–Crippen MR) is 93.4 cm³/mol. The molecule has 6 heteroatoms. The van der Waals surface area contributed by atoms with Crippen molar-refractivity contribution in [3.8, 4) is 5.75 Å². The summed E-state index contributed by atoms with van der Waals surface area (Å²) in [5, 5.41) is 3.48. The molecule has 116 valence electrons. The third-order valence-corrected chi connectivity index (χ3v) is 4.57. The average Bonchev–Trinajstić information content (AvgIpc) is 2.51. The van der Waals surface area contributed by atoms with E-state index in [1.807, 2.05) is 31.2 Å². The number of methoxy groups -OCH3 is 1. The Labute approximate surface area is 144 Å². The van der Waals surface area contributed by atoms with Crippen molar-refractivity contribution in [2.45, 2.75) is 17.1 Å². The van der Waals surface area contributed by atoms with Gasteiger partial charge in [-0.15, -0.1) is 11.8 Å². The number of anilines is 1. The highest BCUT2D eigenvalue weighted by Crippen LogP contribution is 2.29. The van der Waals surface area contributed by atoms with Gasteiger partial charge in [0.1, 0.15) is 5.75 Å². The Morgan fingerprint density at radius 3 is 2.73 bits per heavy atom. The Bertz CT molecular complexity index is 679. The molecule has 0 saturated heterocycles. The standard InChI is InChI=1S/C16H15Cl2NO2S/c1-10(22-13-5-3-4-12(9-13)21-2)16(20)19-15-8-11(17)6-7-14(15)18/h3-10H,1-2H3,(H,19,20). The van der Waals surface area contributed by atoms with Gasteiger partial charge in [-0.3, -0.25) is 4.79 Å². The number of hydrogen-bond donors (Lipinski definition) is 1. The van der Waals surface area contributed by atoms with Crippen molar-refractivity contribution in [2.75, 3.05) is 12.4 Å². The minimum Gasteiger partial charge on any atom is -0.497 e. The fourth-order valence-corrected chi connectivity index (χ4v) is 3.01. The molecule has 0 aliphatic heterocycles. The summed E-state index contributed by atoms with van der Waals surface area (Å²) in [7, 11) is 1.61. The average molecular weight is 356 g/mol. The summed E-state index contributed by atoms with van der Waals surface area (Å²) in [4.78, 5) is 13.2. The summed E-state index contributed by atoms with van der Waals surface area (Å²) >= 11 is 13.4. The number of hydrogen-bond acceptors (Lipinski definition) is 3. The SMILES string of the molecule is COc1cccc(SC(C)C(=O)Nc2cc(Cl)ccc2Cl)c1. The van der Waals surface area contributed by atoms with E-state index in [1.54, 1.807) is 25.3 Å². The van der Waals surface area contributed by atoms with Crippen LogP contribution in [-0.4, -0.2) is 18.3 Å². The molecule has 0 fully saturated rings. The molecule has 1 amide bonds. The van der Waals surface area contributed by atoms with Crippen molar-refractivity contribution in [2.24, 2.45) is 0 Å². The van der Waals surface area contributed by atoms with E-state index in [0.29, 0.717) is 15.7 Å². The maximum absolute atomic E-state index is 12.3. The first kappa shape index (κ1) is 17.0. The van der Waals surface area contributed by atoms with Gasteiger partial charge in [0, 0.05) is 9.92 Å². The van der Waals surface area contributed by atoms with Gasteiger partial charge in [-0.25, -0.2) is 0 Å². The molecule has 0 saturated carbocycles. The Balaban J connectivity index is 2.04. The highest BCUT2D eigenvalue weighted by Gasteiger charge is 2.16. The number of rotatable bonds is 5. The number of carbonyl (C=O) groups excluding carboxylic acids is 1. The molecule has 0 radical (unpaired) electrons. The van der Waals surface area contributed by atoms with Gasteiger partial charge in [-0.1, -0.05) is 29.3 Å². The number of carbonyl (C=O) groups is 1. The van der Waals surface area contributed by atoms with Gasteiger partial charge in [-0.2, -0.15) is 0 Å². The molecule has 0 aromatic heterocycles. The van der Waals surface area contributed by atoms with Crippen LogP contribution < -0.4 is 10.1 Å². The van der Waals surface area contributed by atoms with Crippen molar-refractivity contribution >= 4 is 46.6 Å². The Kier molecular flexibility index (Phi) is 6.00. The monoisotopic (exact) mass is 355 g/mol. The fraction of sp³-hybridized carbons (Fsp3) is 0.188. The summed E-state index contributed by atoms with van der Waals surface area (Å²) in [6, 6.07) is 12.5. The summed E-state index contributed by atoms with van der Waals surface area (Å²) < 4.78 is 5.18. The molecule has 2 aromatic rings. The van der Waals surface area contributed by atoms with Crippen LogP contribution in [0.5, 0.6) is 5.75 Å². The van der Waals surface area contributed by atoms with Crippen LogP contribution in [0, 0.1) is 0 Å². The molecule has 0 aliphatic rings. The summed E-state index contributed by atoms with van der Waals surface area (Å²) in [5.41, 5.74) is 0.511. The number of benzene rings is 2. The predicted octanol–water partition coefficient (Wildman–Crippen LogP) is 5.12. The molecule has 1 unspecified atom stereocenters. The van der Waals surface area contributed by atoms with Gasteiger partial charge < -0.3 is 10.1 Å². The van der Waals surface area contributed by atoms with Gasteiger partial charge >= 0.3 is 0 Å². The first-order chi connectivity index (χ1) is 10.5. The van der Waals surface area contributed by atoms with Crippen LogP contribution in [0.25, 0.3) is 0 Å². The second-order valence-electron chi connectivity index (χ2n) is 4.55. The number of thioether (sulfide) groups is 1. The Hall–Kier alpha value is -1.36. The zero-order chi connectivity index (χ0) is 16.1. The molecule has 3 nitrogen and oxygen atoms in total. The number of halogens is 2. The van der Waals surface area contributed by atoms with Crippen LogP contribution in [-0.2, 0) is 4.79 Å². The second kappa shape index (κ2) is 7.77. The van der Waals surface area contributed by atoms with Crippen LogP contribution in [0.2, 0.25) is 10.0 Å². The van der Waals surface area contributed by atoms with E-state index in [1.165, 1.54) is 11.8 Å². The number of ether oxygens (including phenoxy) is 1. The van der Waals surface area contributed by atoms with Crippen LogP contribution >= 0.6 is 35.0 Å². The summed E-state index contributed by atoms with van der Waals surface area (Å²) in [6.45, 7) is 1.83. The maximum Gasteiger partial charge on any atom is 0.237 e. The minimum absolute atomic E-state index is 0.142. The molecule has 0 heterocycles. The lowest BCUT2D eigenvalue weighted by molar-refractivity contribution is -0.115. The molecule has 0 spiro atoms. The summed E-state index contributed by atoms with van der Waals surface area (Å²) in [6.07, 6.45) is 0. The second-order valence-corrected chi connectivity index (χ2v) is 6.81. The van der Waals surface area contributed by atoms with Crippen LogP contribution in [0.4, 0.5) is 5.69 Å². The van der Waals surface area contributed by atoms with Crippen molar-refractivity contribution < 1.29 is 9.53 Å². The van der Waals surface area contributed by atoms with Crippen molar-refractivity contribution in [3.05, 3.63) is 52.5 Å². The zero-order valence-electron chi connectivity index (χ0n) is 12.1. The molecule has 0 aliphatic carbocycles. The van der Waals surface area contributed by atoms with Crippen LogP contribution in [0.3, 0.4) is 0 Å². The normalized spacial score (nSPS) is 11.8. The van der Waals surface area contributed by atoms with Gasteiger partial charge in [-0.05, 0) is 43.3 Å². The quantitative estimate of drug-likeness (QED) is 0.756. The van der Waals surface area contributed by atoms with E-state index < -0.39 is 0 Å². The maximum atomic E-state index is 12.3. The number of amides is 1. The first-order valence-electron chi connectivity index (χ1n) is 6.56. The highest BCUT2D eigenvalue weighted by molar-refractivity contribution is 8.00. The van der Waals surface area contributed by atoms with E-state index in [2.05, 4.69) is 5.32 Å². The fourth-order valence-electron chi connectivity index (χ4n) is 1.76. The van der Waals surface area contributed by atoms with Gasteiger partial charge in [0.2, 0.25) is 5.91 Å². The third-order valence-electron chi connectivity index (χ3n) is 2.91. The van der Waals surface area contributed by atoms with Gasteiger partial charge in [0.25, 0.3) is 0 Å². The Morgan fingerprint density at radius 1 is 1.23 bits per heavy atom. The minimum atomic E-state index is -0.290. The lowest BCUT2D eigenvalue weighted by Gasteiger charge is -2.13. The lowest BCUT2D eigenvalue weighted by atomic mass is 10.3. The van der Waals surface area contributed by atoms with E-state index in [0.717, 1.165) is 10.6 Å². The highest BCUT2D eigenvalue weighted by atomic mass is 35.5. The molecule has 1 N–H and O–H groups in total. The van der Waals surface area contributed by atoms with Crippen molar-refractivity contribution in [1.29, 1.82) is 0 Å². The van der Waals surface area contributed by atoms with Crippen molar-refractivity contribution in [1.82, 2.24) is 0 Å².